The highest BCUT2D eigenvalue weighted by atomic mass is 32.2. The number of aromatic amines is 1. The zero-order chi connectivity index (χ0) is 14.8. The van der Waals surface area contributed by atoms with Gasteiger partial charge in [0.05, 0.1) is 11.1 Å². The second kappa shape index (κ2) is 5.39. The topological polar surface area (TPSA) is 117 Å². The molecule has 0 unspecified atom stereocenters. The number of hydrogen-bond donors (Lipinski definition) is 3. The zero-order valence-electron chi connectivity index (χ0n) is 10.8. The number of amides is 1. The first-order valence-corrected chi connectivity index (χ1v) is 7.13. The van der Waals surface area contributed by atoms with Crippen molar-refractivity contribution in [3.63, 3.8) is 0 Å². The van der Waals surface area contributed by atoms with Gasteiger partial charge in [0, 0.05) is 5.69 Å². The number of rotatable bonds is 4. The number of sulfonamides is 1. The molecular weight excluding hydrogens is 282 g/mol. The minimum Gasteiger partial charge on any atom is -0.320 e. The Labute approximate surface area is 115 Å². The molecule has 1 heterocycles. The number of carbonyl (C=O) groups excluding carboxylic acids is 1. The van der Waals surface area contributed by atoms with Crippen LogP contribution in [0.2, 0.25) is 0 Å². The third-order valence-electron chi connectivity index (χ3n) is 2.68. The number of hydrogen-bond acceptors (Lipinski definition) is 5. The Balaban J connectivity index is 2.33. The van der Waals surface area contributed by atoms with Crippen LogP contribution >= 0.6 is 0 Å². The van der Waals surface area contributed by atoms with Crippen molar-refractivity contribution in [3.05, 3.63) is 35.7 Å². The zero-order valence-corrected chi connectivity index (χ0v) is 11.7. The molecule has 0 saturated carbocycles. The number of aryl methyl sites for hydroxylation is 1. The maximum absolute atomic E-state index is 11.9. The van der Waals surface area contributed by atoms with Crippen LogP contribution in [0.5, 0.6) is 0 Å². The van der Waals surface area contributed by atoms with E-state index in [2.05, 4.69) is 25.4 Å². The number of aromatic nitrogens is 3. The third kappa shape index (κ3) is 2.83. The molecule has 0 fully saturated rings. The Morgan fingerprint density at radius 2 is 2.10 bits per heavy atom. The molecule has 9 heteroatoms. The molecule has 1 aromatic heterocycles. The minimum absolute atomic E-state index is 0.0704. The maximum Gasteiger partial charge on any atom is 0.277 e. The highest BCUT2D eigenvalue weighted by Crippen LogP contribution is 2.20. The number of H-pyrrole nitrogens is 1. The van der Waals surface area contributed by atoms with Gasteiger partial charge in [-0.2, -0.15) is 15.4 Å². The summed E-state index contributed by atoms with van der Waals surface area (Å²) >= 11 is 0. The lowest BCUT2D eigenvalue weighted by Gasteiger charge is -2.09. The van der Waals surface area contributed by atoms with E-state index in [1.807, 2.05) is 0 Å². The largest absolute Gasteiger partial charge is 0.320 e. The molecule has 8 nitrogen and oxygen atoms in total. The average molecular weight is 295 g/mol. The number of benzene rings is 1. The van der Waals surface area contributed by atoms with Crippen LogP contribution in [-0.2, 0) is 10.0 Å². The number of nitrogens with one attached hydrogen (secondary N) is 3. The molecule has 3 N–H and O–H groups in total. The molecule has 0 bridgehead atoms. The van der Waals surface area contributed by atoms with E-state index in [0.717, 1.165) is 5.56 Å². The molecule has 0 spiro atoms. The van der Waals surface area contributed by atoms with Crippen molar-refractivity contribution >= 4 is 21.6 Å². The normalized spacial score (nSPS) is 11.3. The standard InChI is InChI=1S/C11H13N5O3S/c1-7-3-4-8(20(18,19)12-2)5-9(7)14-11(17)10-6-13-16-15-10/h3-6,12H,1-2H3,(H,14,17)(H,13,15,16). The van der Waals surface area contributed by atoms with Gasteiger partial charge in [0.25, 0.3) is 5.91 Å². The summed E-state index contributed by atoms with van der Waals surface area (Å²) in [5.74, 6) is -0.471. The van der Waals surface area contributed by atoms with E-state index in [4.69, 9.17) is 0 Å². The first kappa shape index (κ1) is 14.2. The molecular formula is C11H13N5O3S. The quantitative estimate of drug-likeness (QED) is 0.748. The van der Waals surface area contributed by atoms with E-state index < -0.39 is 15.9 Å². The fourth-order valence-corrected chi connectivity index (χ4v) is 2.27. The third-order valence-corrected chi connectivity index (χ3v) is 4.10. The summed E-state index contributed by atoms with van der Waals surface area (Å²) in [5, 5.41) is 12.1. The predicted octanol–water partition coefficient (Wildman–Crippen LogP) is 0.274. The minimum atomic E-state index is -3.56. The average Bonchev–Trinajstić information content (AvgIpc) is 2.95. The molecule has 0 aliphatic rings. The first-order chi connectivity index (χ1) is 9.44. The van der Waals surface area contributed by atoms with Crippen LogP contribution in [0, 0.1) is 6.92 Å². The van der Waals surface area contributed by atoms with E-state index in [0.29, 0.717) is 5.69 Å². The van der Waals surface area contributed by atoms with Crippen LogP contribution in [0.1, 0.15) is 16.1 Å². The van der Waals surface area contributed by atoms with E-state index in [-0.39, 0.29) is 10.6 Å². The van der Waals surface area contributed by atoms with E-state index in [1.54, 1.807) is 13.0 Å². The lowest BCUT2D eigenvalue weighted by Crippen LogP contribution is -2.19. The van der Waals surface area contributed by atoms with Gasteiger partial charge in [-0.05, 0) is 31.7 Å². The van der Waals surface area contributed by atoms with Crippen molar-refractivity contribution in [1.82, 2.24) is 20.1 Å². The molecule has 1 amide bonds. The Morgan fingerprint density at radius 1 is 1.35 bits per heavy atom. The molecule has 0 atom stereocenters. The van der Waals surface area contributed by atoms with Crippen molar-refractivity contribution in [2.24, 2.45) is 0 Å². The van der Waals surface area contributed by atoms with Crippen LogP contribution in [-0.4, -0.2) is 36.8 Å². The first-order valence-electron chi connectivity index (χ1n) is 5.65. The molecule has 1 aromatic carbocycles. The molecule has 2 rings (SSSR count). The highest BCUT2D eigenvalue weighted by Gasteiger charge is 2.15. The molecule has 0 aliphatic heterocycles. The van der Waals surface area contributed by atoms with Crippen LogP contribution in [0.25, 0.3) is 0 Å². The summed E-state index contributed by atoms with van der Waals surface area (Å²) in [6, 6.07) is 4.47. The lowest BCUT2D eigenvalue weighted by atomic mass is 10.2. The molecule has 20 heavy (non-hydrogen) atoms. The van der Waals surface area contributed by atoms with Crippen LogP contribution in [0.15, 0.2) is 29.3 Å². The SMILES string of the molecule is CNS(=O)(=O)c1ccc(C)c(NC(=O)c2cn[nH]n2)c1. The van der Waals surface area contributed by atoms with Crippen molar-refractivity contribution in [2.75, 3.05) is 12.4 Å². The van der Waals surface area contributed by atoms with Gasteiger partial charge in [-0.15, -0.1) is 0 Å². The Bertz CT molecular complexity index is 725. The van der Waals surface area contributed by atoms with Gasteiger partial charge < -0.3 is 5.32 Å². The number of nitrogens with zero attached hydrogens (tertiary/aromatic N) is 2. The van der Waals surface area contributed by atoms with Crippen molar-refractivity contribution < 1.29 is 13.2 Å². The summed E-state index contributed by atoms with van der Waals surface area (Å²) in [5.41, 5.74) is 1.25. The summed E-state index contributed by atoms with van der Waals surface area (Å²) in [6.07, 6.45) is 1.28. The summed E-state index contributed by atoms with van der Waals surface area (Å²) in [6.45, 7) is 1.76. The van der Waals surface area contributed by atoms with Crippen LogP contribution in [0.3, 0.4) is 0 Å². The van der Waals surface area contributed by atoms with E-state index in [1.165, 1.54) is 25.4 Å². The predicted molar refractivity (Wildman–Crippen MR) is 71.8 cm³/mol. The lowest BCUT2D eigenvalue weighted by molar-refractivity contribution is 0.102. The highest BCUT2D eigenvalue weighted by molar-refractivity contribution is 7.89. The van der Waals surface area contributed by atoms with Crippen molar-refractivity contribution in [1.29, 1.82) is 0 Å². The van der Waals surface area contributed by atoms with Gasteiger partial charge in [-0.25, -0.2) is 13.1 Å². The fraction of sp³-hybridized carbons (Fsp3) is 0.182. The second-order valence-corrected chi connectivity index (χ2v) is 5.88. The van der Waals surface area contributed by atoms with Gasteiger partial charge >= 0.3 is 0 Å². The van der Waals surface area contributed by atoms with Crippen molar-refractivity contribution in [2.45, 2.75) is 11.8 Å². The number of carbonyl (C=O) groups is 1. The Morgan fingerprint density at radius 3 is 2.70 bits per heavy atom. The van der Waals surface area contributed by atoms with Gasteiger partial charge in [-0.3, -0.25) is 4.79 Å². The van der Waals surface area contributed by atoms with Gasteiger partial charge in [0.1, 0.15) is 0 Å². The molecule has 0 radical (unpaired) electrons. The molecule has 0 saturated heterocycles. The van der Waals surface area contributed by atoms with Crippen molar-refractivity contribution in [3.8, 4) is 0 Å². The maximum atomic E-state index is 11.9. The van der Waals surface area contributed by atoms with Crippen LogP contribution in [0.4, 0.5) is 5.69 Å². The summed E-state index contributed by atoms with van der Waals surface area (Å²) in [4.78, 5) is 11.9. The molecule has 106 valence electrons. The van der Waals surface area contributed by atoms with Gasteiger partial charge in [0.15, 0.2) is 5.69 Å². The Hall–Kier alpha value is -2.26. The van der Waals surface area contributed by atoms with E-state index in [9.17, 15) is 13.2 Å². The van der Waals surface area contributed by atoms with Gasteiger partial charge in [0.2, 0.25) is 10.0 Å². The van der Waals surface area contributed by atoms with Gasteiger partial charge in [-0.1, -0.05) is 6.07 Å². The van der Waals surface area contributed by atoms with E-state index >= 15 is 0 Å². The Kier molecular flexibility index (Phi) is 3.81. The molecule has 2 aromatic rings. The molecule has 0 aliphatic carbocycles. The van der Waals surface area contributed by atoms with Crippen LogP contribution < -0.4 is 10.0 Å². The summed E-state index contributed by atoms with van der Waals surface area (Å²) < 4.78 is 25.7. The monoisotopic (exact) mass is 295 g/mol. The second-order valence-electron chi connectivity index (χ2n) is 3.99. The number of anilines is 1. The summed E-state index contributed by atoms with van der Waals surface area (Å²) in [7, 11) is -2.24. The smallest absolute Gasteiger partial charge is 0.277 e. The fourth-order valence-electron chi connectivity index (χ4n) is 1.52.